The predicted octanol–water partition coefficient (Wildman–Crippen LogP) is 2.24. The number of hydrogen-bond acceptors (Lipinski definition) is 4. The number of carbonyl (C=O) groups excluding carboxylic acids is 2. The van der Waals surface area contributed by atoms with Crippen LogP contribution in [0.25, 0.3) is 0 Å². The van der Waals surface area contributed by atoms with E-state index in [0.717, 1.165) is 24.8 Å². The molecule has 1 aromatic rings. The van der Waals surface area contributed by atoms with Gasteiger partial charge in [0.15, 0.2) is 0 Å². The lowest BCUT2D eigenvalue weighted by Gasteiger charge is -2.34. The summed E-state index contributed by atoms with van der Waals surface area (Å²) in [5.41, 5.74) is 6.77. The van der Waals surface area contributed by atoms with Crippen molar-refractivity contribution in [1.82, 2.24) is 4.90 Å². The van der Waals surface area contributed by atoms with E-state index in [1.165, 1.54) is 6.42 Å². The molecule has 0 bridgehead atoms. The number of nitrogens with zero attached hydrogens (tertiary/aromatic N) is 1. The van der Waals surface area contributed by atoms with Crippen LogP contribution in [-0.4, -0.2) is 34.9 Å². The Kier molecular flexibility index (Phi) is 5.19. The van der Waals surface area contributed by atoms with E-state index in [4.69, 9.17) is 10.5 Å². The van der Waals surface area contributed by atoms with Crippen LogP contribution in [0.4, 0.5) is 0 Å². The highest BCUT2D eigenvalue weighted by Crippen LogP contribution is 2.40. The normalized spacial score (nSPS) is 27.4. The molecule has 3 unspecified atom stereocenters. The zero-order chi connectivity index (χ0) is 17.1. The van der Waals surface area contributed by atoms with E-state index in [-0.39, 0.29) is 24.5 Å². The fraction of sp³-hybridized carbons (Fsp3) is 0.579. The molecule has 2 aliphatic rings. The van der Waals surface area contributed by atoms with Crippen molar-refractivity contribution in [3.05, 3.63) is 35.9 Å². The molecule has 0 spiro atoms. The van der Waals surface area contributed by atoms with Crippen LogP contribution in [0.2, 0.25) is 0 Å². The predicted molar refractivity (Wildman–Crippen MR) is 90.9 cm³/mol. The van der Waals surface area contributed by atoms with E-state index in [1.807, 2.05) is 30.3 Å². The Hall–Kier alpha value is -1.88. The first kappa shape index (κ1) is 17.0. The zero-order valence-corrected chi connectivity index (χ0v) is 14.2. The minimum absolute atomic E-state index is 0.133. The molecule has 1 aliphatic heterocycles. The molecule has 1 heterocycles. The number of likely N-dealkylation sites (tertiary alicyclic amines) is 1. The van der Waals surface area contributed by atoms with Crippen LogP contribution in [0, 0.1) is 5.92 Å². The second kappa shape index (κ2) is 7.34. The summed E-state index contributed by atoms with van der Waals surface area (Å²) in [4.78, 5) is 27.0. The van der Waals surface area contributed by atoms with E-state index in [9.17, 15) is 9.59 Å². The van der Waals surface area contributed by atoms with Crippen LogP contribution in [0.3, 0.4) is 0 Å². The van der Waals surface area contributed by atoms with E-state index in [1.54, 1.807) is 11.8 Å². The Bertz CT molecular complexity index is 588. The molecule has 4 atom stereocenters. The van der Waals surface area contributed by atoms with Crippen molar-refractivity contribution in [3.8, 4) is 0 Å². The van der Waals surface area contributed by atoms with Crippen LogP contribution < -0.4 is 5.73 Å². The molecule has 0 aromatic heterocycles. The number of amides is 1. The maximum absolute atomic E-state index is 12.6. The van der Waals surface area contributed by atoms with Gasteiger partial charge in [0.1, 0.15) is 12.6 Å². The number of fused-ring (bicyclic) bond motifs is 1. The first-order chi connectivity index (χ1) is 11.6. The summed E-state index contributed by atoms with van der Waals surface area (Å²) >= 11 is 0. The van der Waals surface area contributed by atoms with Gasteiger partial charge in [0.2, 0.25) is 5.91 Å². The van der Waals surface area contributed by atoms with E-state index >= 15 is 0 Å². The standard InChI is InChI=1S/C19H26N2O3/c1-13(20)18(22)21-16-10-6-5-9-15(16)11-17(21)19(23)24-12-14-7-3-2-4-8-14/h2-4,7-8,13,15-17H,5-6,9-12,20H2,1H3/t13-,15?,16?,17?/m0/s1. The van der Waals surface area contributed by atoms with Gasteiger partial charge < -0.3 is 15.4 Å². The Labute approximate surface area is 143 Å². The number of nitrogens with two attached hydrogens (primary N) is 1. The molecule has 130 valence electrons. The van der Waals surface area contributed by atoms with Gasteiger partial charge in [0, 0.05) is 6.04 Å². The largest absolute Gasteiger partial charge is 0.459 e. The van der Waals surface area contributed by atoms with Crippen LogP contribution in [-0.2, 0) is 20.9 Å². The van der Waals surface area contributed by atoms with Crippen molar-refractivity contribution in [2.75, 3.05) is 0 Å². The van der Waals surface area contributed by atoms with Gasteiger partial charge in [-0.2, -0.15) is 0 Å². The number of benzene rings is 1. The highest BCUT2D eigenvalue weighted by atomic mass is 16.5. The first-order valence-electron chi connectivity index (χ1n) is 8.86. The molecule has 1 aliphatic carbocycles. The van der Waals surface area contributed by atoms with Crippen molar-refractivity contribution in [2.24, 2.45) is 11.7 Å². The third kappa shape index (κ3) is 3.46. The summed E-state index contributed by atoms with van der Waals surface area (Å²) in [6.45, 7) is 1.93. The topological polar surface area (TPSA) is 72.6 Å². The molecular formula is C19H26N2O3. The van der Waals surface area contributed by atoms with Gasteiger partial charge in [-0.05, 0) is 37.7 Å². The number of esters is 1. The van der Waals surface area contributed by atoms with Gasteiger partial charge in [0.25, 0.3) is 0 Å². The van der Waals surface area contributed by atoms with E-state index < -0.39 is 12.1 Å². The quantitative estimate of drug-likeness (QED) is 0.859. The van der Waals surface area contributed by atoms with E-state index in [2.05, 4.69) is 0 Å². The minimum atomic E-state index is -0.588. The van der Waals surface area contributed by atoms with Crippen LogP contribution >= 0.6 is 0 Å². The van der Waals surface area contributed by atoms with Gasteiger partial charge in [-0.1, -0.05) is 43.2 Å². The van der Waals surface area contributed by atoms with Gasteiger partial charge in [-0.3, -0.25) is 4.79 Å². The Morgan fingerprint density at radius 3 is 2.67 bits per heavy atom. The molecule has 2 fully saturated rings. The van der Waals surface area contributed by atoms with Crippen molar-refractivity contribution in [2.45, 2.75) is 63.8 Å². The lowest BCUT2D eigenvalue weighted by Crippen LogP contribution is -2.52. The number of rotatable bonds is 4. The average Bonchev–Trinajstić information content (AvgIpc) is 2.99. The Balaban J connectivity index is 1.71. The van der Waals surface area contributed by atoms with Crippen molar-refractivity contribution in [3.63, 3.8) is 0 Å². The molecule has 1 aromatic carbocycles. The maximum Gasteiger partial charge on any atom is 0.329 e. The van der Waals surface area contributed by atoms with Crippen molar-refractivity contribution < 1.29 is 14.3 Å². The highest BCUT2D eigenvalue weighted by Gasteiger charge is 2.48. The van der Waals surface area contributed by atoms with Crippen LogP contribution in [0.1, 0.15) is 44.6 Å². The molecule has 1 saturated carbocycles. The summed E-state index contributed by atoms with van der Waals surface area (Å²) in [5.74, 6) is -0.0379. The average molecular weight is 330 g/mol. The van der Waals surface area contributed by atoms with Gasteiger partial charge in [0.05, 0.1) is 6.04 Å². The molecule has 24 heavy (non-hydrogen) atoms. The zero-order valence-electron chi connectivity index (χ0n) is 14.2. The minimum Gasteiger partial charge on any atom is -0.459 e. The van der Waals surface area contributed by atoms with Gasteiger partial charge in [-0.15, -0.1) is 0 Å². The molecular weight excluding hydrogens is 304 g/mol. The van der Waals surface area contributed by atoms with Gasteiger partial charge in [-0.25, -0.2) is 4.79 Å². The summed E-state index contributed by atoms with van der Waals surface area (Å²) < 4.78 is 5.50. The smallest absolute Gasteiger partial charge is 0.329 e. The van der Waals surface area contributed by atoms with Gasteiger partial charge >= 0.3 is 5.97 Å². The lowest BCUT2D eigenvalue weighted by atomic mass is 9.84. The second-order valence-corrected chi connectivity index (χ2v) is 6.99. The molecule has 3 rings (SSSR count). The Morgan fingerprint density at radius 2 is 1.96 bits per heavy atom. The molecule has 1 amide bonds. The van der Waals surface area contributed by atoms with Crippen molar-refractivity contribution >= 4 is 11.9 Å². The number of hydrogen-bond donors (Lipinski definition) is 1. The molecule has 0 radical (unpaired) electrons. The molecule has 1 saturated heterocycles. The summed E-state index contributed by atoms with van der Waals surface area (Å²) in [7, 11) is 0. The number of carbonyl (C=O) groups is 2. The number of ether oxygens (including phenoxy) is 1. The monoisotopic (exact) mass is 330 g/mol. The maximum atomic E-state index is 12.6. The third-order valence-electron chi connectivity index (χ3n) is 5.23. The van der Waals surface area contributed by atoms with E-state index in [0.29, 0.717) is 12.3 Å². The summed E-state index contributed by atoms with van der Waals surface area (Å²) in [6, 6.07) is 8.68. The highest BCUT2D eigenvalue weighted by molar-refractivity contribution is 5.88. The summed E-state index contributed by atoms with van der Waals surface area (Å²) in [6.07, 6.45) is 5.03. The third-order valence-corrected chi connectivity index (χ3v) is 5.23. The lowest BCUT2D eigenvalue weighted by molar-refractivity contribution is -0.156. The first-order valence-corrected chi connectivity index (χ1v) is 8.86. The van der Waals surface area contributed by atoms with Crippen molar-refractivity contribution in [1.29, 1.82) is 0 Å². The van der Waals surface area contributed by atoms with Crippen LogP contribution in [0.5, 0.6) is 0 Å². The molecule has 5 heteroatoms. The molecule has 2 N–H and O–H groups in total. The van der Waals surface area contributed by atoms with Crippen LogP contribution in [0.15, 0.2) is 30.3 Å². The summed E-state index contributed by atoms with van der Waals surface area (Å²) in [5, 5.41) is 0. The Morgan fingerprint density at radius 1 is 1.25 bits per heavy atom. The fourth-order valence-electron chi connectivity index (χ4n) is 4.05. The fourth-order valence-corrected chi connectivity index (χ4v) is 4.05. The second-order valence-electron chi connectivity index (χ2n) is 6.99. The molecule has 5 nitrogen and oxygen atoms in total. The SMILES string of the molecule is C[C@H](N)C(=O)N1C(C(=O)OCc2ccccc2)CC2CCCCC21.